The molecular formula is C12H16O3. The number of hydrogen-bond donors (Lipinski definition) is 1. The Morgan fingerprint density at radius 2 is 2.13 bits per heavy atom. The highest BCUT2D eigenvalue weighted by Crippen LogP contribution is 2.17. The van der Waals surface area contributed by atoms with Crippen LogP contribution in [0.3, 0.4) is 0 Å². The summed E-state index contributed by atoms with van der Waals surface area (Å²) in [6.45, 7) is 1.30. The zero-order valence-electron chi connectivity index (χ0n) is 8.63. The number of benzene rings is 1. The minimum atomic E-state index is -0.0363. The quantitative estimate of drug-likeness (QED) is 0.811. The number of aliphatic hydroxyl groups excluding tert-OH is 1. The smallest absolute Gasteiger partial charge is 0.0838 e. The van der Waals surface area contributed by atoms with Crippen LogP contribution in [0.4, 0.5) is 0 Å². The molecule has 82 valence electrons. The number of aliphatic hydroxyl groups is 1. The molecular weight excluding hydrogens is 192 g/mol. The Labute approximate surface area is 89.6 Å². The van der Waals surface area contributed by atoms with Crippen LogP contribution in [0.5, 0.6) is 0 Å². The van der Waals surface area contributed by atoms with Crippen LogP contribution < -0.4 is 0 Å². The lowest BCUT2D eigenvalue weighted by Crippen LogP contribution is -2.14. The van der Waals surface area contributed by atoms with Crippen LogP contribution in [0.1, 0.15) is 12.0 Å². The topological polar surface area (TPSA) is 38.7 Å². The highest BCUT2D eigenvalue weighted by Gasteiger charge is 2.25. The van der Waals surface area contributed by atoms with Crippen LogP contribution >= 0.6 is 0 Å². The van der Waals surface area contributed by atoms with Gasteiger partial charge in [-0.3, -0.25) is 0 Å². The SMILES string of the molecule is OCC1CC(OCc2ccccc2)CO1. The predicted molar refractivity (Wildman–Crippen MR) is 56.5 cm³/mol. The molecule has 3 heteroatoms. The van der Waals surface area contributed by atoms with Gasteiger partial charge in [-0.2, -0.15) is 0 Å². The second-order valence-electron chi connectivity index (χ2n) is 3.79. The van der Waals surface area contributed by atoms with Gasteiger partial charge >= 0.3 is 0 Å². The van der Waals surface area contributed by atoms with Crippen LogP contribution in [0, 0.1) is 0 Å². The molecule has 0 saturated carbocycles. The van der Waals surface area contributed by atoms with Crippen molar-refractivity contribution in [3.8, 4) is 0 Å². The van der Waals surface area contributed by atoms with Crippen molar-refractivity contribution in [1.29, 1.82) is 0 Å². The third-order valence-corrected chi connectivity index (χ3v) is 2.58. The first-order valence-electron chi connectivity index (χ1n) is 5.26. The summed E-state index contributed by atoms with van der Waals surface area (Å²) in [5.74, 6) is 0. The third kappa shape index (κ3) is 3.02. The molecule has 15 heavy (non-hydrogen) atoms. The summed E-state index contributed by atoms with van der Waals surface area (Å²) in [5.41, 5.74) is 1.17. The van der Waals surface area contributed by atoms with Crippen molar-refractivity contribution in [2.24, 2.45) is 0 Å². The van der Waals surface area contributed by atoms with E-state index in [0.29, 0.717) is 13.2 Å². The molecule has 0 bridgehead atoms. The van der Waals surface area contributed by atoms with Crippen LogP contribution in [0.15, 0.2) is 30.3 Å². The van der Waals surface area contributed by atoms with E-state index in [2.05, 4.69) is 0 Å². The Balaban J connectivity index is 1.75. The Hall–Kier alpha value is -0.900. The summed E-state index contributed by atoms with van der Waals surface area (Å²) in [4.78, 5) is 0. The van der Waals surface area contributed by atoms with Crippen molar-refractivity contribution in [2.75, 3.05) is 13.2 Å². The molecule has 2 atom stereocenters. The van der Waals surface area contributed by atoms with E-state index >= 15 is 0 Å². The third-order valence-electron chi connectivity index (χ3n) is 2.58. The molecule has 0 amide bonds. The molecule has 1 saturated heterocycles. The summed E-state index contributed by atoms with van der Waals surface area (Å²) in [7, 11) is 0. The zero-order chi connectivity index (χ0) is 10.5. The highest BCUT2D eigenvalue weighted by molar-refractivity contribution is 5.13. The maximum absolute atomic E-state index is 8.89. The highest BCUT2D eigenvalue weighted by atomic mass is 16.6. The minimum absolute atomic E-state index is 0.0363. The summed E-state index contributed by atoms with van der Waals surface area (Å²) in [5, 5.41) is 8.89. The molecule has 0 radical (unpaired) electrons. The van der Waals surface area contributed by atoms with Crippen molar-refractivity contribution in [3.05, 3.63) is 35.9 Å². The first-order chi connectivity index (χ1) is 7.38. The number of hydrogen-bond acceptors (Lipinski definition) is 3. The second kappa shape index (κ2) is 5.26. The van der Waals surface area contributed by atoms with Crippen LogP contribution in [-0.2, 0) is 16.1 Å². The first kappa shape index (κ1) is 10.6. The van der Waals surface area contributed by atoms with E-state index in [0.717, 1.165) is 6.42 Å². The summed E-state index contributed by atoms with van der Waals surface area (Å²) in [6, 6.07) is 10.1. The van der Waals surface area contributed by atoms with Gasteiger partial charge in [0.05, 0.1) is 32.0 Å². The van der Waals surface area contributed by atoms with E-state index in [1.165, 1.54) is 5.56 Å². The maximum atomic E-state index is 8.89. The largest absolute Gasteiger partial charge is 0.394 e. The summed E-state index contributed by atoms with van der Waals surface area (Å²) < 4.78 is 11.0. The Kier molecular flexibility index (Phi) is 3.72. The maximum Gasteiger partial charge on any atom is 0.0838 e. The van der Waals surface area contributed by atoms with Crippen molar-refractivity contribution in [1.82, 2.24) is 0 Å². The molecule has 1 N–H and O–H groups in total. The molecule has 1 aromatic carbocycles. The summed E-state index contributed by atoms with van der Waals surface area (Å²) in [6.07, 6.45) is 0.886. The fourth-order valence-electron chi connectivity index (χ4n) is 1.70. The molecule has 2 unspecified atom stereocenters. The van der Waals surface area contributed by atoms with Gasteiger partial charge in [0.2, 0.25) is 0 Å². The van der Waals surface area contributed by atoms with Crippen molar-refractivity contribution in [3.63, 3.8) is 0 Å². The molecule has 3 nitrogen and oxygen atoms in total. The molecule has 0 aromatic heterocycles. The zero-order valence-corrected chi connectivity index (χ0v) is 8.63. The normalized spacial score (nSPS) is 25.7. The molecule has 1 aliphatic rings. The average Bonchev–Trinajstić information content (AvgIpc) is 2.76. The number of rotatable bonds is 4. The lowest BCUT2D eigenvalue weighted by molar-refractivity contribution is 0.0217. The predicted octanol–water partition coefficient (Wildman–Crippen LogP) is 1.35. The van der Waals surface area contributed by atoms with Crippen LogP contribution in [0.25, 0.3) is 0 Å². The van der Waals surface area contributed by atoms with E-state index in [9.17, 15) is 0 Å². The van der Waals surface area contributed by atoms with E-state index < -0.39 is 0 Å². The van der Waals surface area contributed by atoms with E-state index in [-0.39, 0.29) is 18.8 Å². The van der Waals surface area contributed by atoms with Crippen molar-refractivity contribution in [2.45, 2.75) is 25.2 Å². The van der Waals surface area contributed by atoms with Crippen molar-refractivity contribution < 1.29 is 14.6 Å². The monoisotopic (exact) mass is 208 g/mol. The molecule has 2 rings (SSSR count). The molecule has 1 heterocycles. The molecule has 0 spiro atoms. The van der Waals surface area contributed by atoms with Gasteiger partial charge in [-0.05, 0) is 5.56 Å². The Morgan fingerprint density at radius 3 is 2.80 bits per heavy atom. The van der Waals surface area contributed by atoms with Crippen molar-refractivity contribution >= 4 is 0 Å². The molecule has 1 aromatic rings. The molecule has 1 fully saturated rings. The Morgan fingerprint density at radius 1 is 1.33 bits per heavy atom. The van der Waals surface area contributed by atoms with Gasteiger partial charge in [0.25, 0.3) is 0 Å². The van der Waals surface area contributed by atoms with E-state index in [1.54, 1.807) is 0 Å². The fourth-order valence-corrected chi connectivity index (χ4v) is 1.70. The number of ether oxygens (including phenoxy) is 2. The lowest BCUT2D eigenvalue weighted by Gasteiger charge is -2.09. The second-order valence-corrected chi connectivity index (χ2v) is 3.79. The van der Waals surface area contributed by atoms with Gasteiger partial charge in [-0.25, -0.2) is 0 Å². The summed E-state index contributed by atoms with van der Waals surface area (Å²) >= 11 is 0. The van der Waals surface area contributed by atoms with E-state index in [4.69, 9.17) is 14.6 Å². The molecule has 1 aliphatic heterocycles. The minimum Gasteiger partial charge on any atom is -0.394 e. The Bertz CT molecular complexity index is 286. The van der Waals surface area contributed by atoms with Gasteiger partial charge in [-0.15, -0.1) is 0 Å². The standard InChI is InChI=1S/C12H16O3/c13-7-11-6-12(9-15-11)14-8-10-4-2-1-3-5-10/h1-5,11-13H,6-9H2. The van der Waals surface area contributed by atoms with Gasteiger partial charge in [0.1, 0.15) is 0 Å². The molecule has 0 aliphatic carbocycles. The van der Waals surface area contributed by atoms with Gasteiger partial charge in [0.15, 0.2) is 0 Å². The van der Waals surface area contributed by atoms with Gasteiger partial charge in [-0.1, -0.05) is 30.3 Å². The average molecular weight is 208 g/mol. The van der Waals surface area contributed by atoms with Crippen LogP contribution in [0.2, 0.25) is 0 Å². The van der Waals surface area contributed by atoms with Gasteiger partial charge < -0.3 is 14.6 Å². The lowest BCUT2D eigenvalue weighted by atomic mass is 10.2. The van der Waals surface area contributed by atoms with Gasteiger partial charge in [0, 0.05) is 6.42 Å². The van der Waals surface area contributed by atoms with Crippen LogP contribution in [-0.4, -0.2) is 30.5 Å². The van der Waals surface area contributed by atoms with E-state index in [1.807, 2.05) is 30.3 Å². The first-order valence-corrected chi connectivity index (χ1v) is 5.26. The fraction of sp³-hybridized carbons (Fsp3) is 0.500.